The van der Waals surface area contributed by atoms with Crippen LogP contribution < -0.4 is 11.1 Å². The second-order valence-corrected chi connectivity index (χ2v) is 7.04. The molecule has 114 valence electrons. The molecule has 0 bridgehead atoms. The van der Waals surface area contributed by atoms with E-state index in [1.54, 1.807) is 0 Å². The Morgan fingerprint density at radius 1 is 1.15 bits per heavy atom. The Labute approximate surface area is 121 Å². The zero-order valence-corrected chi connectivity index (χ0v) is 12.4. The van der Waals surface area contributed by atoms with Crippen molar-refractivity contribution in [2.45, 2.75) is 69.4 Å². The number of carbonyl (C=O) groups excluding carboxylic acids is 1. The van der Waals surface area contributed by atoms with Crippen LogP contribution in [0, 0.1) is 11.8 Å². The van der Waals surface area contributed by atoms with Gasteiger partial charge in [0.25, 0.3) is 0 Å². The Morgan fingerprint density at radius 3 is 2.70 bits per heavy atom. The first kappa shape index (κ1) is 14.3. The van der Waals surface area contributed by atoms with Crippen LogP contribution >= 0.6 is 0 Å². The van der Waals surface area contributed by atoms with Gasteiger partial charge < -0.3 is 15.8 Å². The van der Waals surface area contributed by atoms with E-state index in [4.69, 9.17) is 10.5 Å². The molecule has 2 saturated heterocycles. The molecule has 3 aliphatic rings. The summed E-state index contributed by atoms with van der Waals surface area (Å²) in [7, 11) is 0. The standard InChI is InChI=1S/C16H28N2O2/c17-15(19)14-10-12(4-8-18-14)13-5-9-20-16(11-13)6-2-1-3-7-16/h12-14,18H,1-11H2,(H2,17,19). The number of ether oxygens (including phenoxy) is 1. The third-order valence-electron chi connectivity index (χ3n) is 5.75. The van der Waals surface area contributed by atoms with Gasteiger partial charge in [-0.05, 0) is 56.9 Å². The van der Waals surface area contributed by atoms with Crippen LogP contribution in [0.2, 0.25) is 0 Å². The Balaban J connectivity index is 1.62. The van der Waals surface area contributed by atoms with Crippen LogP contribution in [-0.4, -0.2) is 30.7 Å². The average Bonchev–Trinajstić information content (AvgIpc) is 2.48. The van der Waals surface area contributed by atoms with E-state index in [1.165, 1.54) is 44.9 Å². The molecular weight excluding hydrogens is 252 g/mol. The van der Waals surface area contributed by atoms with Crippen LogP contribution in [0.4, 0.5) is 0 Å². The second kappa shape index (κ2) is 6.02. The Kier molecular flexibility index (Phi) is 4.32. The maximum atomic E-state index is 11.4. The molecule has 0 aromatic heterocycles. The molecule has 4 heteroatoms. The smallest absolute Gasteiger partial charge is 0.234 e. The number of piperidine rings is 1. The highest BCUT2D eigenvalue weighted by atomic mass is 16.5. The van der Waals surface area contributed by atoms with Gasteiger partial charge in [-0.1, -0.05) is 19.3 Å². The summed E-state index contributed by atoms with van der Waals surface area (Å²) in [6.07, 6.45) is 11.0. The lowest BCUT2D eigenvalue weighted by Gasteiger charge is -2.46. The molecule has 20 heavy (non-hydrogen) atoms. The first-order valence-electron chi connectivity index (χ1n) is 8.35. The summed E-state index contributed by atoms with van der Waals surface area (Å²) >= 11 is 0. The van der Waals surface area contributed by atoms with Crippen molar-refractivity contribution in [2.24, 2.45) is 17.6 Å². The molecule has 3 unspecified atom stereocenters. The van der Waals surface area contributed by atoms with Crippen LogP contribution in [-0.2, 0) is 9.53 Å². The molecular formula is C16H28N2O2. The molecule has 1 amide bonds. The monoisotopic (exact) mass is 280 g/mol. The van der Waals surface area contributed by atoms with Crippen molar-refractivity contribution >= 4 is 5.91 Å². The van der Waals surface area contributed by atoms with E-state index in [0.717, 1.165) is 31.9 Å². The average molecular weight is 280 g/mol. The fourth-order valence-electron chi connectivity index (χ4n) is 4.60. The highest BCUT2D eigenvalue weighted by molar-refractivity contribution is 5.79. The molecule has 3 N–H and O–H groups in total. The minimum Gasteiger partial charge on any atom is -0.375 e. The predicted octanol–water partition coefficient (Wildman–Crippen LogP) is 1.97. The number of hydrogen-bond donors (Lipinski definition) is 2. The van der Waals surface area contributed by atoms with E-state index in [0.29, 0.717) is 5.92 Å². The Morgan fingerprint density at radius 2 is 1.95 bits per heavy atom. The maximum absolute atomic E-state index is 11.4. The van der Waals surface area contributed by atoms with Crippen molar-refractivity contribution in [3.05, 3.63) is 0 Å². The van der Waals surface area contributed by atoms with Crippen molar-refractivity contribution in [1.29, 1.82) is 0 Å². The summed E-state index contributed by atoms with van der Waals surface area (Å²) in [5, 5.41) is 3.25. The van der Waals surface area contributed by atoms with Crippen LogP contribution in [0.3, 0.4) is 0 Å². The Hall–Kier alpha value is -0.610. The van der Waals surface area contributed by atoms with Crippen molar-refractivity contribution < 1.29 is 9.53 Å². The van der Waals surface area contributed by atoms with E-state index in [2.05, 4.69) is 5.32 Å². The zero-order chi connectivity index (χ0) is 14.0. The highest BCUT2D eigenvalue weighted by Gasteiger charge is 2.42. The van der Waals surface area contributed by atoms with Gasteiger partial charge in [-0.15, -0.1) is 0 Å². The van der Waals surface area contributed by atoms with Crippen molar-refractivity contribution in [2.75, 3.05) is 13.2 Å². The summed E-state index contributed by atoms with van der Waals surface area (Å²) < 4.78 is 6.19. The summed E-state index contributed by atoms with van der Waals surface area (Å²) in [5.74, 6) is 1.19. The van der Waals surface area contributed by atoms with Gasteiger partial charge in [0.1, 0.15) is 0 Å². The molecule has 1 saturated carbocycles. The summed E-state index contributed by atoms with van der Waals surface area (Å²) in [6.45, 7) is 1.85. The molecule has 0 aromatic rings. The van der Waals surface area contributed by atoms with Crippen molar-refractivity contribution in [1.82, 2.24) is 5.32 Å². The van der Waals surface area contributed by atoms with E-state index < -0.39 is 0 Å². The molecule has 2 aliphatic heterocycles. The lowest BCUT2D eigenvalue weighted by Crippen LogP contribution is -2.50. The number of nitrogens with one attached hydrogen (secondary N) is 1. The third kappa shape index (κ3) is 3.01. The van der Waals surface area contributed by atoms with Gasteiger partial charge in [-0.3, -0.25) is 4.79 Å². The number of amides is 1. The minimum absolute atomic E-state index is 0.112. The third-order valence-corrected chi connectivity index (χ3v) is 5.75. The fourth-order valence-corrected chi connectivity index (χ4v) is 4.60. The normalized spacial score (nSPS) is 37.7. The largest absolute Gasteiger partial charge is 0.375 e. The van der Waals surface area contributed by atoms with E-state index >= 15 is 0 Å². The first-order chi connectivity index (χ1) is 9.69. The SMILES string of the molecule is NC(=O)C1CC(C2CCOC3(CCCCC3)C2)CCN1. The van der Waals surface area contributed by atoms with Gasteiger partial charge >= 0.3 is 0 Å². The quantitative estimate of drug-likeness (QED) is 0.813. The molecule has 3 rings (SSSR count). The molecule has 2 heterocycles. The highest BCUT2D eigenvalue weighted by Crippen LogP contribution is 2.44. The van der Waals surface area contributed by atoms with Gasteiger partial charge in [-0.2, -0.15) is 0 Å². The minimum atomic E-state index is -0.186. The van der Waals surface area contributed by atoms with Crippen molar-refractivity contribution in [3.8, 4) is 0 Å². The van der Waals surface area contributed by atoms with E-state index in [-0.39, 0.29) is 17.6 Å². The van der Waals surface area contributed by atoms with Crippen molar-refractivity contribution in [3.63, 3.8) is 0 Å². The van der Waals surface area contributed by atoms with Crippen LogP contribution in [0.25, 0.3) is 0 Å². The first-order valence-corrected chi connectivity index (χ1v) is 8.35. The predicted molar refractivity (Wildman–Crippen MR) is 78.2 cm³/mol. The number of carbonyl (C=O) groups is 1. The van der Waals surface area contributed by atoms with Crippen LogP contribution in [0.1, 0.15) is 57.8 Å². The van der Waals surface area contributed by atoms with Gasteiger partial charge in [0, 0.05) is 6.61 Å². The second-order valence-electron chi connectivity index (χ2n) is 7.04. The van der Waals surface area contributed by atoms with Crippen LogP contribution in [0.5, 0.6) is 0 Å². The lowest BCUT2D eigenvalue weighted by molar-refractivity contribution is -0.130. The lowest BCUT2D eigenvalue weighted by atomic mass is 9.70. The molecule has 3 atom stereocenters. The number of primary amides is 1. The molecule has 1 spiro atoms. The number of rotatable bonds is 2. The number of hydrogen-bond acceptors (Lipinski definition) is 3. The van der Waals surface area contributed by atoms with Gasteiger partial charge in [0.05, 0.1) is 11.6 Å². The molecule has 4 nitrogen and oxygen atoms in total. The van der Waals surface area contributed by atoms with E-state index in [1.807, 2.05) is 0 Å². The number of nitrogens with two attached hydrogens (primary N) is 1. The molecule has 1 aliphatic carbocycles. The van der Waals surface area contributed by atoms with E-state index in [9.17, 15) is 4.79 Å². The topological polar surface area (TPSA) is 64.4 Å². The van der Waals surface area contributed by atoms with Gasteiger partial charge in [0.2, 0.25) is 5.91 Å². The van der Waals surface area contributed by atoms with Crippen LogP contribution in [0.15, 0.2) is 0 Å². The van der Waals surface area contributed by atoms with Gasteiger partial charge in [0.15, 0.2) is 0 Å². The van der Waals surface area contributed by atoms with Gasteiger partial charge in [-0.25, -0.2) is 0 Å². The summed E-state index contributed by atoms with van der Waals surface area (Å²) in [5.41, 5.74) is 5.64. The summed E-state index contributed by atoms with van der Waals surface area (Å²) in [6, 6.07) is -0.112. The molecule has 0 radical (unpaired) electrons. The summed E-state index contributed by atoms with van der Waals surface area (Å²) in [4.78, 5) is 11.4. The molecule has 0 aromatic carbocycles. The fraction of sp³-hybridized carbons (Fsp3) is 0.938. The maximum Gasteiger partial charge on any atom is 0.234 e. The Bertz CT molecular complexity index is 347. The molecule has 3 fully saturated rings. The zero-order valence-electron chi connectivity index (χ0n) is 12.4.